The van der Waals surface area contributed by atoms with E-state index in [0.29, 0.717) is 30.1 Å². The van der Waals surface area contributed by atoms with E-state index < -0.39 is 23.2 Å². The summed E-state index contributed by atoms with van der Waals surface area (Å²) in [5.74, 6) is -0.297. The topological polar surface area (TPSA) is 61.9 Å². The lowest BCUT2D eigenvalue weighted by molar-refractivity contribution is -0.142. The first-order valence-corrected chi connectivity index (χ1v) is 11.7. The number of alkyl halides is 3. The highest BCUT2D eigenvalue weighted by Gasteiger charge is 2.52. The number of amides is 3. The van der Waals surface area contributed by atoms with Gasteiger partial charge in [-0.05, 0) is 68.8 Å². The molecule has 2 heterocycles. The van der Waals surface area contributed by atoms with E-state index in [1.807, 2.05) is 13.8 Å². The van der Waals surface area contributed by atoms with Crippen molar-refractivity contribution in [3.63, 3.8) is 0 Å². The zero-order valence-corrected chi connectivity index (χ0v) is 19.4. The second-order valence-corrected chi connectivity index (χ2v) is 9.91. The van der Waals surface area contributed by atoms with Gasteiger partial charge in [0.2, 0.25) is 5.91 Å². The Kier molecular flexibility index (Phi) is 6.48. The minimum absolute atomic E-state index is 0.00574. The standard InChI is InChI=1S/C24H32F3N3O3/c1-15(2)23(9-6-19(13-23)29(3)18-7-10-33-11-8-18)21(31)30-14-16-12-17(24(25,26)27)4-5-20(16)28-22(30)32/h4-5,12,15,18-19H,6-11,13-14H2,1-3H3,(H,28,32)/t19?,23-/m0/s1. The van der Waals surface area contributed by atoms with Crippen LogP contribution in [-0.2, 0) is 22.3 Å². The summed E-state index contributed by atoms with van der Waals surface area (Å²) in [6.45, 7) is 5.31. The van der Waals surface area contributed by atoms with Gasteiger partial charge >= 0.3 is 12.2 Å². The highest BCUT2D eigenvalue weighted by Crippen LogP contribution is 2.48. The number of fused-ring (bicyclic) bond motifs is 1. The summed E-state index contributed by atoms with van der Waals surface area (Å²) >= 11 is 0. The smallest absolute Gasteiger partial charge is 0.381 e. The molecule has 1 saturated heterocycles. The van der Waals surface area contributed by atoms with Gasteiger partial charge in [-0.1, -0.05) is 13.8 Å². The number of hydrogen-bond donors (Lipinski definition) is 1. The number of urea groups is 1. The van der Waals surface area contributed by atoms with E-state index in [1.165, 1.54) is 6.07 Å². The second-order valence-electron chi connectivity index (χ2n) is 9.91. The van der Waals surface area contributed by atoms with Gasteiger partial charge in [-0.3, -0.25) is 9.69 Å². The van der Waals surface area contributed by atoms with Gasteiger partial charge in [0, 0.05) is 31.0 Å². The lowest BCUT2D eigenvalue weighted by Gasteiger charge is -2.40. The number of hydrogen-bond acceptors (Lipinski definition) is 4. The Morgan fingerprint density at radius 1 is 1.21 bits per heavy atom. The van der Waals surface area contributed by atoms with Crippen LogP contribution in [0.25, 0.3) is 0 Å². The van der Waals surface area contributed by atoms with Crippen LogP contribution in [0.2, 0.25) is 0 Å². The van der Waals surface area contributed by atoms with E-state index in [0.717, 1.165) is 49.5 Å². The Labute approximate surface area is 192 Å². The van der Waals surface area contributed by atoms with Gasteiger partial charge in [0.05, 0.1) is 17.5 Å². The Balaban J connectivity index is 1.55. The maximum atomic E-state index is 13.8. The number of halogens is 3. The van der Waals surface area contributed by atoms with Crippen LogP contribution in [0.5, 0.6) is 0 Å². The first-order chi connectivity index (χ1) is 15.5. The molecule has 0 aromatic heterocycles. The normalized spacial score (nSPS) is 26.6. The summed E-state index contributed by atoms with van der Waals surface area (Å²) < 4.78 is 45.1. The zero-order valence-electron chi connectivity index (χ0n) is 19.4. The van der Waals surface area contributed by atoms with Crippen molar-refractivity contribution in [2.75, 3.05) is 25.6 Å². The fraction of sp³-hybridized carbons (Fsp3) is 0.667. The summed E-state index contributed by atoms with van der Waals surface area (Å²) in [6.07, 6.45) is -0.428. The molecule has 3 aliphatic rings. The SMILES string of the molecule is CC(C)[C@]1(C(=O)N2Cc3cc(C(F)(F)F)ccc3NC2=O)CCC(N(C)C2CCOCC2)C1. The Hall–Kier alpha value is -2.13. The van der Waals surface area contributed by atoms with Crippen LogP contribution in [0.15, 0.2) is 18.2 Å². The average molecular weight is 468 g/mol. The van der Waals surface area contributed by atoms with E-state index >= 15 is 0 Å². The van der Waals surface area contributed by atoms with Crippen LogP contribution in [0.1, 0.15) is 57.1 Å². The number of nitrogens with one attached hydrogen (secondary N) is 1. The van der Waals surface area contributed by atoms with Gasteiger partial charge in [-0.25, -0.2) is 4.79 Å². The van der Waals surface area contributed by atoms with Gasteiger partial charge in [0.1, 0.15) is 0 Å². The molecule has 182 valence electrons. The largest absolute Gasteiger partial charge is 0.416 e. The molecule has 3 amide bonds. The molecule has 33 heavy (non-hydrogen) atoms. The Morgan fingerprint density at radius 2 is 1.91 bits per heavy atom. The minimum atomic E-state index is -4.49. The predicted octanol–water partition coefficient (Wildman–Crippen LogP) is 4.89. The zero-order chi connectivity index (χ0) is 24.0. The maximum absolute atomic E-state index is 13.8. The molecule has 2 atom stereocenters. The van der Waals surface area contributed by atoms with Crippen LogP contribution in [0, 0.1) is 11.3 Å². The van der Waals surface area contributed by atoms with Crippen molar-refractivity contribution in [2.45, 2.75) is 70.8 Å². The maximum Gasteiger partial charge on any atom is 0.416 e. The van der Waals surface area contributed by atoms with Gasteiger partial charge < -0.3 is 15.0 Å². The molecule has 0 bridgehead atoms. The minimum Gasteiger partial charge on any atom is -0.381 e. The lowest BCUT2D eigenvalue weighted by atomic mass is 9.74. The number of anilines is 1. The first kappa shape index (κ1) is 24.0. The third kappa shape index (κ3) is 4.49. The van der Waals surface area contributed by atoms with Crippen molar-refractivity contribution >= 4 is 17.6 Å². The van der Waals surface area contributed by atoms with Gasteiger partial charge in [-0.2, -0.15) is 13.2 Å². The predicted molar refractivity (Wildman–Crippen MR) is 118 cm³/mol. The summed E-state index contributed by atoms with van der Waals surface area (Å²) in [6, 6.07) is 3.27. The lowest BCUT2D eigenvalue weighted by Crippen LogP contribution is -2.52. The summed E-state index contributed by atoms with van der Waals surface area (Å²) in [4.78, 5) is 30.1. The van der Waals surface area contributed by atoms with Crippen molar-refractivity contribution in [2.24, 2.45) is 11.3 Å². The second kappa shape index (κ2) is 8.91. The number of imide groups is 1. The molecular weight excluding hydrogens is 435 g/mol. The van der Waals surface area contributed by atoms with Crippen LogP contribution >= 0.6 is 0 Å². The number of carbonyl (C=O) groups excluding carboxylic acids is 2. The van der Waals surface area contributed by atoms with E-state index in [1.54, 1.807) is 0 Å². The summed E-state index contributed by atoms with van der Waals surface area (Å²) in [5, 5.41) is 2.61. The Bertz CT molecular complexity index is 914. The summed E-state index contributed by atoms with van der Waals surface area (Å²) in [7, 11) is 2.10. The monoisotopic (exact) mass is 467 g/mol. The molecule has 2 fully saturated rings. The van der Waals surface area contributed by atoms with Crippen molar-refractivity contribution in [3.05, 3.63) is 29.3 Å². The molecule has 1 N–H and O–H groups in total. The van der Waals surface area contributed by atoms with Crippen molar-refractivity contribution < 1.29 is 27.5 Å². The molecule has 1 aromatic carbocycles. The van der Waals surface area contributed by atoms with Gasteiger partial charge in [-0.15, -0.1) is 0 Å². The molecule has 6 nitrogen and oxygen atoms in total. The van der Waals surface area contributed by atoms with E-state index in [9.17, 15) is 22.8 Å². The van der Waals surface area contributed by atoms with E-state index in [2.05, 4.69) is 17.3 Å². The third-order valence-corrected chi connectivity index (χ3v) is 7.89. The summed E-state index contributed by atoms with van der Waals surface area (Å²) in [5.41, 5.74) is -0.896. The number of ether oxygens (including phenoxy) is 1. The van der Waals surface area contributed by atoms with Crippen LogP contribution < -0.4 is 5.32 Å². The van der Waals surface area contributed by atoms with Gasteiger partial charge in [0.15, 0.2) is 0 Å². The number of benzene rings is 1. The van der Waals surface area contributed by atoms with Crippen molar-refractivity contribution in [1.29, 1.82) is 0 Å². The molecule has 4 rings (SSSR count). The highest BCUT2D eigenvalue weighted by atomic mass is 19.4. The molecule has 1 aromatic rings. The average Bonchev–Trinajstić information content (AvgIpc) is 3.24. The molecule has 2 aliphatic heterocycles. The van der Waals surface area contributed by atoms with Crippen LogP contribution in [0.3, 0.4) is 0 Å². The Morgan fingerprint density at radius 3 is 2.55 bits per heavy atom. The third-order valence-electron chi connectivity index (χ3n) is 7.89. The van der Waals surface area contributed by atoms with Gasteiger partial charge in [0.25, 0.3) is 0 Å². The molecule has 9 heteroatoms. The van der Waals surface area contributed by atoms with Crippen molar-refractivity contribution in [3.8, 4) is 0 Å². The molecule has 0 spiro atoms. The van der Waals surface area contributed by atoms with Crippen LogP contribution in [0.4, 0.5) is 23.7 Å². The highest BCUT2D eigenvalue weighted by molar-refractivity contribution is 6.05. The number of carbonyl (C=O) groups is 2. The quantitative estimate of drug-likeness (QED) is 0.685. The molecular formula is C24H32F3N3O3. The molecule has 1 unspecified atom stereocenters. The molecule has 1 aliphatic carbocycles. The molecule has 0 radical (unpaired) electrons. The van der Waals surface area contributed by atoms with E-state index in [-0.39, 0.29) is 24.4 Å². The van der Waals surface area contributed by atoms with Crippen LogP contribution in [-0.4, -0.2) is 54.1 Å². The number of nitrogens with zero attached hydrogens (tertiary/aromatic N) is 2. The fourth-order valence-corrected chi connectivity index (χ4v) is 5.63. The number of rotatable bonds is 4. The van der Waals surface area contributed by atoms with Crippen molar-refractivity contribution in [1.82, 2.24) is 9.80 Å². The van der Waals surface area contributed by atoms with E-state index in [4.69, 9.17) is 4.74 Å². The molecule has 1 saturated carbocycles. The fourth-order valence-electron chi connectivity index (χ4n) is 5.63. The first-order valence-electron chi connectivity index (χ1n) is 11.7.